The van der Waals surface area contributed by atoms with E-state index in [-0.39, 0.29) is 33.0 Å². The number of carbonyl (C=O) groups excluding carboxylic acids is 2. The Balaban J connectivity index is 0.000000198. The minimum absolute atomic E-state index is 0. The van der Waals surface area contributed by atoms with Gasteiger partial charge in [0.25, 0.3) is 0 Å². The molecule has 132 heavy (non-hydrogen) atoms. The molecule has 1 N–H and O–H groups in total. The molecule has 16 aromatic rings. The van der Waals surface area contributed by atoms with Gasteiger partial charge in [0.1, 0.15) is 27.4 Å². The zero-order valence-electron chi connectivity index (χ0n) is 72.5. The molecule has 4 atom stereocenters. The Hall–Kier alpha value is -15.5. The normalized spacial score (nSPS) is 15.9. The van der Waals surface area contributed by atoms with Crippen molar-refractivity contribution >= 4 is 80.4 Å². The summed E-state index contributed by atoms with van der Waals surface area (Å²) < 4.78 is 6.10. The molecular weight excluding hydrogens is 1680 g/mol. The monoisotopic (exact) mass is 1780 g/mol. The maximum absolute atomic E-state index is 14.0. The maximum atomic E-state index is 14.0. The second kappa shape index (κ2) is 43.5. The first-order valence-corrected chi connectivity index (χ1v) is 45.7. The third kappa shape index (κ3) is 18.7. The number of hydrogen-bond donors (Lipinski definition) is 1. The number of terminal acetylenes is 4. The standard InChI is InChI=1S/C56H38O2S2.C54H34O2S2.4C3H4.2CH4/c1-58-50-37-42-21-9-13-25-47(42)56(49-27-15-11-23-45(49)50,35-33-40-18-6-3-7-19-40)54-31-29-52(60-54)51-28-30-53(59-51)55(34-32-39-16-4-2-5-17-39)46-24-12-8-20-41(46)36-43(38-57)44-22-10-14-26-48(44)55;55-47-35-39-19-7-11-23-43(39)53(45-25-13-9-21-41(45)47,33-31-37-15-3-1-4-16-37)51-29-27-49(57-51)50-28-30-52(58-50)54(34-32-38-17-5-2-6-18-38)44-24-12-8-20-40(44)36-48(56)42-22-10-14-26-46(42)54;4*1-3-2;;/h2-31,36-37,57H,38H2,1H3;1-30H,35-36H2;4*1H,2H3;2*1H4. The Bertz CT molecular complexity index is 6930. The van der Waals surface area contributed by atoms with Crippen LogP contribution in [0.3, 0.4) is 0 Å². The molecule has 0 bridgehead atoms. The van der Waals surface area contributed by atoms with Crippen LogP contribution in [0.25, 0.3) is 43.0 Å². The number of ether oxygens (including phenoxy) is 1. The number of hydrogen-bond acceptors (Lipinski definition) is 8. The lowest BCUT2D eigenvalue weighted by Crippen LogP contribution is -2.28. The first-order valence-electron chi connectivity index (χ1n) is 42.5. The zero-order chi connectivity index (χ0) is 90.5. The number of fused-ring (bicyclic) bond motifs is 8. The van der Waals surface area contributed by atoms with Gasteiger partial charge in [-0.15, -0.1) is 94.7 Å². The molecule has 8 heteroatoms. The van der Waals surface area contributed by atoms with Crippen molar-refractivity contribution in [2.45, 2.75) is 77.0 Å². The lowest BCUT2D eigenvalue weighted by atomic mass is 9.71. The van der Waals surface area contributed by atoms with Gasteiger partial charge < -0.3 is 9.84 Å². The van der Waals surface area contributed by atoms with Crippen molar-refractivity contribution in [1.29, 1.82) is 0 Å². The van der Waals surface area contributed by atoms with Gasteiger partial charge in [0.15, 0.2) is 11.6 Å². The van der Waals surface area contributed by atoms with E-state index >= 15 is 0 Å². The lowest BCUT2D eigenvalue weighted by Gasteiger charge is -2.31. The van der Waals surface area contributed by atoms with Crippen LogP contribution in [0.4, 0.5) is 0 Å². The fourth-order valence-electron chi connectivity index (χ4n) is 17.4. The first kappa shape index (κ1) is 94.1. The van der Waals surface area contributed by atoms with Gasteiger partial charge in [-0.05, 0) is 215 Å². The van der Waals surface area contributed by atoms with Gasteiger partial charge in [-0.1, -0.05) is 329 Å². The van der Waals surface area contributed by atoms with E-state index in [0.717, 1.165) is 150 Å². The van der Waals surface area contributed by atoms with Crippen molar-refractivity contribution in [2.24, 2.45) is 0 Å². The molecule has 0 spiro atoms. The van der Waals surface area contributed by atoms with Gasteiger partial charge >= 0.3 is 0 Å². The van der Waals surface area contributed by atoms with Crippen LogP contribution in [-0.2, 0) is 39.2 Å². The van der Waals surface area contributed by atoms with Crippen LogP contribution in [0, 0.1) is 96.7 Å². The van der Waals surface area contributed by atoms with Crippen LogP contribution in [0.15, 0.2) is 364 Å². The molecule has 0 fully saturated rings. The summed E-state index contributed by atoms with van der Waals surface area (Å²) in [4.78, 5) is 36.7. The Labute approximate surface area is 795 Å². The Morgan fingerprint density at radius 1 is 0.295 bits per heavy atom. The summed E-state index contributed by atoms with van der Waals surface area (Å²) in [6.07, 6.45) is 23.3. The van der Waals surface area contributed by atoms with E-state index in [0.29, 0.717) is 24.0 Å². The van der Waals surface area contributed by atoms with Crippen molar-refractivity contribution in [2.75, 3.05) is 13.7 Å². The Morgan fingerprint density at radius 2 is 0.538 bits per heavy atom. The van der Waals surface area contributed by atoms with Crippen molar-refractivity contribution in [3.63, 3.8) is 0 Å². The van der Waals surface area contributed by atoms with Gasteiger partial charge in [0.05, 0.1) is 13.7 Å². The summed E-state index contributed by atoms with van der Waals surface area (Å²) >= 11 is 6.99. The molecule has 4 unspecified atom stereocenters. The van der Waals surface area contributed by atoms with Gasteiger partial charge in [0.2, 0.25) is 0 Å². The molecule has 4 aliphatic carbocycles. The Morgan fingerprint density at radius 3 is 0.856 bits per heavy atom. The molecule has 20 rings (SSSR count). The van der Waals surface area contributed by atoms with E-state index in [4.69, 9.17) is 4.74 Å². The fraction of sp³-hybridized carbons (Fsp3) is 0.113. The minimum Gasteiger partial charge on any atom is -0.496 e. The fourth-order valence-corrected chi connectivity index (χ4v) is 22.3. The van der Waals surface area contributed by atoms with Crippen molar-refractivity contribution in [3.05, 3.63) is 495 Å². The topological polar surface area (TPSA) is 63.6 Å². The van der Waals surface area contributed by atoms with Crippen molar-refractivity contribution < 1.29 is 19.4 Å². The molecule has 0 amide bonds. The highest BCUT2D eigenvalue weighted by molar-refractivity contribution is 7.23. The van der Waals surface area contributed by atoms with Crippen LogP contribution in [0.1, 0.15) is 183 Å². The van der Waals surface area contributed by atoms with Gasteiger partial charge in [0, 0.05) is 90.8 Å². The summed E-state index contributed by atoms with van der Waals surface area (Å²) in [5.41, 5.74) is 16.9. The molecular formula is C124H96O4S4. The predicted molar refractivity (Wildman–Crippen MR) is 557 cm³/mol. The van der Waals surface area contributed by atoms with Gasteiger partial charge in [-0.2, -0.15) is 0 Å². The lowest BCUT2D eigenvalue weighted by molar-refractivity contribution is 0.0984. The van der Waals surface area contributed by atoms with Crippen LogP contribution in [0.2, 0.25) is 0 Å². The second-order valence-corrected chi connectivity index (χ2v) is 35.0. The number of ketones is 2. The van der Waals surface area contributed by atoms with E-state index < -0.39 is 21.7 Å². The second-order valence-electron chi connectivity index (χ2n) is 30.7. The van der Waals surface area contributed by atoms with E-state index in [1.807, 2.05) is 152 Å². The summed E-state index contributed by atoms with van der Waals surface area (Å²) in [7, 11) is 1.74. The van der Waals surface area contributed by atoms with Crippen LogP contribution in [-0.4, -0.2) is 30.4 Å². The maximum Gasteiger partial charge on any atom is 0.167 e. The highest BCUT2D eigenvalue weighted by atomic mass is 32.1. The third-order valence-corrected chi connectivity index (χ3v) is 28.1. The molecule has 0 saturated heterocycles. The highest BCUT2D eigenvalue weighted by Crippen LogP contribution is 2.56. The summed E-state index contributed by atoms with van der Waals surface area (Å²) in [6.45, 7) is 6.53. The number of rotatable bonds is 8. The zero-order valence-corrected chi connectivity index (χ0v) is 75.8. The average molecular weight is 1780 g/mol. The minimum atomic E-state index is -0.903. The van der Waals surface area contributed by atoms with Crippen LogP contribution in [0.5, 0.6) is 0 Å². The number of aliphatic hydroxyl groups excluding tert-OH is 1. The molecule has 4 nitrogen and oxygen atoms in total. The SMILES string of the molecule is C.C.C#CC.C#CC.C#CC.C#CC.COC1=Cc2ccccc2C(C#Cc2ccccc2)(c2ccc(-c3ccc(C4(C#Cc5ccccc5)c5ccccc5C=C(CO)c5ccccc54)s3)s2)c2ccccc21.O=C1Cc2ccccc2C(C#Cc2ccccc2)(c2ccc(-c3ccc(C4(C#Cc5ccccc5)c5ccccc5CC(=O)c5ccccc54)s3)s2)c2ccccc21. The number of Topliss-reactive ketones (excluding diaryl/α,β-unsaturated/α-hetero) is 2. The molecule has 4 heterocycles. The summed E-state index contributed by atoms with van der Waals surface area (Å²) in [6, 6.07) is 125. The largest absolute Gasteiger partial charge is 0.496 e. The molecule has 0 radical (unpaired) electrons. The van der Waals surface area contributed by atoms with E-state index in [9.17, 15) is 14.7 Å². The molecule has 0 saturated carbocycles. The summed E-state index contributed by atoms with van der Waals surface area (Å²) in [5.74, 6) is 39.7. The number of thiophene rings is 4. The number of benzene rings is 12. The third-order valence-electron chi connectivity index (χ3n) is 22.9. The number of aliphatic hydroxyl groups is 1. The molecule has 640 valence electrons. The van der Waals surface area contributed by atoms with Gasteiger partial charge in [-0.25, -0.2) is 0 Å². The van der Waals surface area contributed by atoms with Crippen LogP contribution < -0.4 is 0 Å². The quantitative estimate of drug-likeness (QED) is 0.154. The highest BCUT2D eigenvalue weighted by Gasteiger charge is 2.48. The molecule has 4 aliphatic rings. The predicted octanol–water partition coefficient (Wildman–Crippen LogP) is 28.1. The summed E-state index contributed by atoms with van der Waals surface area (Å²) in [5, 5.41) is 10.8. The molecule has 4 aromatic heterocycles. The average Bonchev–Trinajstić information content (AvgIpc) is 1.57. The van der Waals surface area contributed by atoms with Crippen molar-refractivity contribution in [3.8, 4) is 116 Å². The van der Waals surface area contributed by atoms with E-state index in [1.54, 1.807) is 80.2 Å². The first-order chi connectivity index (χ1) is 63.8. The Kier molecular flexibility index (Phi) is 31.0. The van der Waals surface area contributed by atoms with Crippen molar-refractivity contribution in [1.82, 2.24) is 0 Å². The number of methoxy groups -OCH3 is 1. The van der Waals surface area contributed by atoms with E-state index in [1.165, 1.54) is 0 Å². The van der Waals surface area contributed by atoms with Gasteiger partial charge in [-0.3, -0.25) is 9.59 Å². The van der Waals surface area contributed by atoms with E-state index in [2.05, 4.69) is 321 Å². The smallest absolute Gasteiger partial charge is 0.167 e. The molecule has 0 aliphatic heterocycles. The van der Waals surface area contributed by atoms with Crippen LogP contribution >= 0.6 is 45.3 Å². The molecule has 12 aromatic carbocycles. The number of carbonyl (C=O) groups is 2.